The maximum Gasteiger partial charge on any atom is 0.144 e. The zero-order valence-electron chi connectivity index (χ0n) is 10.1. The van der Waals surface area contributed by atoms with E-state index in [9.17, 15) is 0 Å². The lowest BCUT2D eigenvalue weighted by Crippen LogP contribution is -2.24. The number of rotatable bonds is 2. The van der Waals surface area contributed by atoms with Gasteiger partial charge in [0, 0.05) is 12.2 Å². The van der Waals surface area contributed by atoms with Crippen molar-refractivity contribution in [3.05, 3.63) is 22.7 Å². The fourth-order valence-electron chi connectivity index (χ4n) is 2.22. The van der Waals surface area contributed by atoms with Crippen LogP contribution in [-0.2, 0) is 6.54 Å². The fraction of sp³-hybridized carbons (Fsp3) is 0.667. The number of aryl methyl sites for hydroxylation is 1. The van der Waals surface area contributed by atoms with Gasteiger partial charge in [0.1, 0.15) is 11.0 Å². The highest BCUT2D eigenvalue weighted by Gasteiger charge is 2.29. The monoisotopic (exact) mass is 239 g/mol. The molecule has 1 aromatic rings. The van der Waals surface area contributed by atoms with Crippen LogP contribution in [-0.4, -0.2) is 28.0 Å². The Morgan fingerprint density at radius 1 is 1.44 bits per heavy atom. The molecule has 0 saturated carbocycles. The van der Waals surface area contributed by atoms with Crippen LogP contribution in [0.25, 0.3) is 0 Å². The molecule has 1 aliphatic heterocycles. The van der Waals surface area contributed by atoms with E-state index >= 15 is 0 Å². The first kappa shape index (κ1) is 11.8. The molecule has 1 fully saturated rings. The van der Waals surface area contributed by atoms with E-state index in [0.717, 1.165) is 31.2 Å². The Kier molecular flexibility index (Phi) is 3.17. The molecule has 2 heterocycles. The molecular formula is C12H18ClN3. The Hall–Kier alpha value is -0.670. The van der Waals surface area contributed by atoms with Crippen LogP contribution < -0.4 is 0 Å². The minimum Gasteiger partial charge on any atom is -0.295 e. The molecule has 4 heteroatoms. The predicted octanol–water partition coefficient (Wildman–Crippen LogP) is 2.67. The number of nitrogens with zero attached hydrogens (tertiary/aromatic N) is 3. The maximum absolute atomic E-state index is 5.92. The number of aromatic nitrogens is 2. The zero-order valence-corrected chi connectivity index (χ0v) is 10.9. The van der Waals surface area contributed by atoms with Gasteiger partial charge >= 0.3 is 0 Å². The summed E-state index contributed by atoms with van der Waals surface area (Å²) in [5.41, 5.74) is 1.36. The Bertz CT molecular complexity index is 370. The second-order valence-electron chi connectivity index (χ2n) is 5.37. The first-order chi connectivity index (χ1) is 7.44. The minimum absolute atomic E-state index is 0.424. The molecule has 0 unspecified atom stereocenters. The molecule has 88 valence electrons. The van der Waals surface area contributed by atoms with Crippen molar-refractivity contribution in [1.82, 2.24) is 14.9 Å². The summed E-state index contributed by atoms with van der Waals surface area (Å²) < 4.78 is 0. The van der Waals surface area contributed by atoms with Crippen LogP contribution in [0.15, 0.2) is 6.07 Å². The normalized spacial score (nSPS) is 20.2. The van der Waals surface area contributed by atoms with E-state index in [-0.39, 0.29) is 0 Å². The molecule has 2 rings (SSSR count). The second kappa shape index (κ2) is 4.30. The summed E-state index contributed by atoms with van der Waals surface area (Å²) in [6.07, 6.45) is 1.24. The highest BCUT2D eigenvalue weighted by atomic mass is 35.5. The highest BCUT2D eigenvalue weighted by Crippen LogP contribution is 2.29. The van der Waals surface area contributed by atoms with Crippen molar-refractivity contribution in [1.29, 1.82) is 0 Å². The van der Waals surface area contributed by atoms with Crippen molar-refractivity contribution < 1.29 is 0 Å². The number of likely N-dealkylation sites (tertiary alicyclic amines) is 1. The molecule has 0 spiro atoms. The zero-order chi connectivity index (χ0) is 11.8. The van der Waals surface area contributed by atoms with Gasteiger partial charge in [-0.25, -0.2) is 9.97 Å². The van der Waals surface area contributed by atoms with Crippen LogP contribution >= 0.6 is 11.6 Å². The van der Waals surface area contributed by atoms with Gasteiger partial charge in [0.25, 0.3) is 0 Å². The highest BCUT2D eigenvalue weighted by molar-refractivity contribution is 6.29. The van der Waals surface area contributed by atoms with Crippen LogP contribution in [0.5, 0.6) is 0 Å². The molecule has 0 atom stereocenters. The standard InChI is InChI=1S/C12H18ClN3/c1-9-6-10(13)15-11(14-9)7-16-5-4-12(2,3)8-16/h6H,4-5,7-8H2,1-3H3. The van der Waals surface area contributed by atoms with Gasteiger partial charge in [-0.15, -0.1) is 0 Å². The van der Waals surface area contributed by atoms with E-state index in [2.05, 4.69) is 28.7 Å². The van der Waals surface area contributed by atoms with E-state index in [1.165, 1.54) is 6.42 Å². The molecule has 0 bridgehead atoms. The van der Waals surface area contributed by atoms with Crippen LogP contribution in [0, 0.1) is 12.3 Å². The third-order valence-electron chi connectivity index (χ3n) is 2.99. The third kappa shape index (κ3) is 2.92. The van der Waals surface area contributed by atoms with Crippen LogP contribution in [0.4, 0.5) is 0 Å². The van der Waals surface area contributed by atoms with Gasteiger partial charge in [-0.2, -0.15) is 0 Å². The van der Waals surface area contributed by atoms with E-state index in [4.69, 9.17) is 11.6 Å². The fourth-order valence-corrected chi connectivity index (χ4v) is 2.47. The lowest BCUT2D eigenvalue weighted by atomic mass is 9.93. The van der Waals surface area contributed by atoms with Crippen molar-refractivity contribution >= 4 is 11.6 Å². The first-order valence-corrected chi connectivity index (χ1v) is 6.05. The average Bonchev–Trinajstić information content (AvgIpc) is 2.43. The second-order valence-corrected chi connectivity index (χ2v) is 5.76. The Morgan fingerprint density at radius 2 is 2.19 bits per heavy atom. The maximum atomic E-state index is 5.92. The van der Waals surface area contributed by atoms with Crippen molar-refractivity contribution in [3.8, 4) is 0 Å². The minimum atomic E-state index is 0.424. The number of halogens is 1. The molecule has 1 aliphatic rings. The molecule has 0 radical (unpaired) electrons. The van der Waals surface area contributed by atoms with Gasteiger partial charge in [0.05, 0.1) is 6.54 Å². The lowest BCUT2D eigenvalue weighted by molar-refractivity contribution is 0.278. The van der Waals surface area contributed by atoms with Gasteiger partial charge in [-0.05, 0) is 31.4 Å². The third-order valence-corrected chi connectivity index (χ3v) is 3.18. The topological polar surface area (TPSA) is 29.0 Å². The smallest absolute Gasteiger partial charge is 0.144 e. The van der Waals surface area contributed by atoms with Gasteiger partial charge in [-0.1, -0.05) is 25.4 Å². The summed E-state index contributed by atoms with van der Waals surface area (Å²) in [6, 6.07) is 1.79. The lowest BCUT2D eigenvalue weighted by Gasteiger charge is -2.18. The van der Waals surface area contributed by atoms with Gasteiger partial charge in [0.15, 0.2) is 0 Å². The summed E-state index contributed by atoms with van der Waals surface area (Å²) >= 11 is 5.92. The molecule has 1 saturated heterocycles. The summed E-state index contributed by atoms with van der Waals surface area (Å²) in [5, 5.41) is 0.543. The largest absolute Gasteiger partial charge is 0.295 e. The van der Waals surface area contributed by atoms with Crippen LogP contribution in [0.2, 0.25) is 5.15 Å². The summed E-state index contributed by atoms with van der Waals surface area (Å²) in [7, 11) is 0. The predicted molar refractivity (Wildman–Crippen MR) is 65.5 cm³/mol. The van der Waals surface area contributed by atoms with Crippen molar-refractivity contribution in [2.24, 2.45) is 5.41 Å². The molecule has 0 aliphatic carbocycles. The molecule has 0 aromatic carbocycles. The molecule has 3 nitrogen and oxygen atoms in total. The van der Waals surface area contributed by atoms with Crippen LogP contribution in [0.3, 0.4) is 0 Å². The summed E-state index contributed by atoms with van der Waals surface area (Å²) in [6.45, 7) is 9.60. The van der Waals surface area contributed by atoms with E-state index in [1.807, 2.05) is 6.92 Å². The summed E-state index contributed by atoms with van der Waals surface area (Å²) in [4.78, 5) is 11.1. The van der Waals surface area contributed by atoms with Crippen molar-refractivity contribution in [2.75, 3.05) is 13.1 Å². The van der Waals surface area contributed by atoms with Crippen molar-refractivity contribution in [2.45, 2.75) is 33.7 Å². The van der Waals surface area contributed by atoms with Gasteiger partial charge < -0.3 is 0 Å². The van der Waals surface area contributed by atoms with Gasteiger partial charge in [-0.3, -0.25) is 4.90 Å². The molecule has 16 heavy (non-hydrogen) atoms. The Labute approximate surface area is 102 Å². The van der Waals surface area contributed by atoms with Gasteiger partial charge in [0.2, 0.25) is 0 Å². The van der Waals surface area contributed by atoms with E-state index in [0.29, 0.717) is 10.6 Å². The van der Waals surface area contributed by atoms with E-state index in [1.54, 1.807) is 6.07 Å². The Balaban J connectivity index is 2.05. The average molecular weight is 240 g/mol. The quantitative estimate of drug-likeness (QED) is 0.743. The van der Waals surface area contributed by atoms with Crippen molar-refractivity contribution in [3.63, 3.8) is 0 Å². The number of hydrogen-bond donors (Lipinski definition) is 0. The molecule has 0 N–H and O–H groups in total. The van der Waals surface area contributed by atoms with E-state index < -0.39 is 0 Å². The first-order valence-electron chi connectivity index (χ1n) is 5.67. The summed E-state index contributed by atoms with van der Waals surface area (Å²) in [5.74, 6) is 0.836. The molecule has 1 aromatic heterocycles. The SMILES string of the molecule is Cc1cc(Cl)nc(CN2CCC(C)(C)C2)n1. The molecular weight excluding hydrogens is 222 g/mol. The molecule has 0 amide bonds. The number of hydrogen-bond acceptors (Lipinski definition) is 3. The Morgan fingerprint density at radius 3 is 2.75 bits per heavy atom. The van der Waals surface area contributed by atoms with Crippen LogP contribution in [0.1, 0.15) is 31.8 Å².